The van der Waals surface area contributed by atoms with Gasteiger partial charge >= 0.3 is 5.97 Å². The minimum Gasteiger partial charge on any atom is -0.481 e. The number of rotatable bonds is 5. The zero-order valence-electron chi connectivity index (χ0n) is 10.6. The summed E-state index contributed by atoms with van der Waals surface area (Å²) in [7, 11) is 0. The first-order chi connectivity index (χ1) is 8.75. The maximum Gasteiger partial charge on any atom is 0.305 e. The maximum atomic E-state index is 10.4. The Labute approximate surface area is 108 Å². The van der Waals surface area contributed by atoms with E-state index in [1.165, 1.54) is 24.9 Å². The molecule has 1 saturated heterocycles. The lowest BCUT2D eigenvalue weighted by Crippen LogP contribution is -2.29. The molecule has 4 heteroatoms. The van der Waals surface area contributed by atoms with Gasteiger partial charge in [0.1, 0.15) is 0 Å². The van der Waals surface area contributed by atoms with Crippen molar-refractivity contribution in [1.29, 1.82) is 0 Å². The Kier molecular flexibility index (Phi) is 4.45. The topological polar surface area (TPSA) is 52.6 Å². The van der Waals surface area contributed by atoms with Crippen LogP contribution in [0.3, 0.4) is 0 Å². The van der Waals surface area contributed by atoms with Crippen LogP contribution in [0.2, 0.25) is 0 Å². The van der Waals surface area contributed by atoms with E-state index in [9.17, 15) is 4.79 Å². The van der Waals surface area contributed by atoms with Gasteiger partial charge in [-0.3, -0.25) is 4.79 Å². The van der Waals surface area contributed by atoms with Gasteiger partial charge in [0.2, 0.25) is 0 Å². The van der Waals surface area contributed by atoms with Crippen LogP contribution in [0.4, 0.5) is 11.4 Å². The first-order valence-corrected chi connectivity index (χ1v) is 6.56. The number of nitrogens with one attached hydrogen (secondary N) is 1. The number of carbonyl (C=O) groups is 1. The number of hydrogen-bond donors (Lipinski definition) is 2. The van der Waals surface area contributed by atoms with E-state index in [1.54, 1.807) is 0 Å². The highest BCUT2D eigenvalue weighted by atomic mass is 16.4. The Morgan fingerprint density at radius 3 is 2.44 bits per heavy atom. The van der Waals surface area contributed by atoms with Gasteiger partial charge in [0.25, 0.3) is 0 Å². The third-order valence-corrected chi connectivity index (χ3v) is 3.26. The molecule has 1 fully saturated rings. The quantitative estimate of drug-likeness (QED) is 0.841. The predicted octanol–water partition coefficient (Wildman–Crippen LogP) is 2.56. The van der Waals surface area contributed by atoms with Gasteiger partial charge in [0, 0.05) is 31.0 Å². The van der Waals surface area contributed by atoms with Crippen LogP contribution in [0.1, 0.15) is 25.7 Å². The third kappa shape index (κ3) is 3.65. The monoisotopic (exact) mass is 248 g/mol. The molecule has 0 atom stereocenters. The molecule has 1 aromatic rings. The van der Waals surface area contributed by atoms with Crippen molar-refractivity contribution in [3.05, 3.63) is 24.3 Å². The molecule has 1 heterocycles. The van der Waals surface area contributed by atoms with E-state index in [-0.39, 0.29) is 6.42 Å². The smallest absolute Gasteiger partial charge is 0.305 e. The standard InChI is InChI=1S/C14H20N2O2/c17-14(18)8-9-15-12-4-6-13(7-5-12)16-10-2-1-3-11-16/h4-7,15H,1-3,8-11H2,(H,17,18). The summed E-state index contributed by atoms with van der Waals surface area (Å²) >= 11 is 0. The van der Waals surface area contributed by atoms with Crippen LogP contribution in [-0.2, 0) is 4.79 Å². The molecule has 2 N–H and O–H groups in total. The summed E-state index contributed by atoms with van der Waals surface area (Å²) in [6, 6.07) is 8.25. The van der Waals surface area contributed by atoms with E-state index in [0.717, 1.165) is 18.8 Å². The molecule has 98 valence electrons. The van der Waals surface area contributed by atoms with Crippen molar-refractivity contribution in [2.24, 2.45) is 0 Å². The molecule has 0 saturated carbocycles. The fourth-order valence-electron chi connectivity index (χ4n) is 2.26. The normalized spacial score (nSPS) is 15.4. The first kappa shape index (κ1) is 12.7. The van der Waals surface area contributed by atoms with E-state index >= 15 is 0 Å². The van der Waals surface area contributed by atoms with E-state index in [4.69, 9.17) is 5.11 Å². The fraction of sp³-hybridized carbons (Fsp3) is 0.500. The van der Waals surface area contributed by atoms with Crippen molar-refractivity contribution < 1.29 is 9.90 Å². The molecule has 18 heavy (non-hydrogen) atoms. The molecule has 0 spiro atoms. The Morgan fingerprint density at radius 1 is 1.17 bits per heavy atom. The zero-order chi connectivity index (χ0) is 12.8. The van der Waals surface area contributed by atoms with Crippen molar-refractivity contribution in [3.63, 3.8) is 0 Å². The summed E-state index contributed by atoms with van der Waals surface area (Å²) in [4.78, 5) is 12.8. The molecule has 4 nitrogen and oxygen atoms in total. The van der Waals surface area contributed by atoms with Gasteiger partial charge in [-0.05, 0) is 43.5 Å². The van der Waals surface area contributed by atoms with Crippen LogP contribution in [0.25, 0.3) is 0 Å². The van der Waals surface area contributed by atoms with Crippen molar-refractivity contribution in [2.75, 3.05) is 29.9 Å². The average molecular weight is 248 g/mol. The molecule has 0 aromatic heterocycles. The molecule has 0 bridgehead atoms. The lowest BCUT2D eigenvalue weighted by Gasteiger charge is -2.28. The zero-order valence-corrected chi connectivity index (χ0v) is 10.6. The molecule has 1 aliphatic heterocycles. The Hall–Kier alpha value is -1.71. The number of benzene rings is 1. The van der Waals surface area contributed by atoms with E-state index in [0.29, 0.717) is 6.54 Å². The second-order valence-corrected chi connectivity index (χ2v) is 4.67. The van der Waals surface area contributed by atoms with E-state index < -0.39 is 5.97 Å². The van der Waals surface area contributed by atoms with Crippen LogP contribution in [0.5, 0.6) is 0 Å². The number of carboxylic acids is 1. The van der Waals surface area contributed by atoms with Crippen LogP contribution in [-0.4, -0.2) is 30.7 Å². The maximum absolute atomic E-state index is 10.4. The molecule has 1 aliphatic rings. The Balaban J connectivity index is 1.86. The molecule has 0 unspecified atom stereocenters. The lowest BCUT2D eigenvalue weighted by molar-refractivity contribution is -0.136. The SMILES string of the molecule is O=C(O)CCNc1ccc(N2CCCCC2)cc1. The Bertz CT molecular complexity index is 383. The van der Waals surface area contributed by atoms with Crippen LogP contribution in [0.15, 0.2) is 24.3 Å². The van der Waals surface area contributed by atoms with E-state index in [1.807, 2.05) is 12.1 Å². The largest absolute Gasteiger partial charge is 0.481 e. The second kappa shape index (κ2) is 6.28. The summed E-state index contributed by atoms with van der Waals surface area (Å²) in [5, 5.41) is 11.7. The molecule has 0 amide bonds. The summed E-state index contributed by atoms with van der Waals surface area (Å²) in [6.45, 7) is 2.76. The molecule has 1 aromatic carbocycles. The molecule has 2 rings (SSSR count). The third-order valence-electron chi connectivity index (χ3n) is 3.26. The lowest BCUT2D eigenvalue weighted by atomic mass is 10.1. The van der Waals surface area contributed by atoms with Gasteiger partial charge in [0.05, 0.1) is 6.42 Å². The van der Waals surface area contributed by atoms with Gasteiger partial charge in [0.15, 0.2) is 0 Å². The summed E-state index contributed by atoms with van der Waals surface area (Å²) < 4.78 is 0. The highest BCUT2D eigenvalue weighted by molar-refractivity contribution is 5.67. The van der Waals surface area contributed by atoms with Crippen molar-refractivity contribution in [2.45, 2.75) is 25.7 Å². The van der Waals surface area contributed by atoms with Crippen molar-refractivity contribution in [1.82, 2.24) is 0 Å². The molecule has 0 radical (unpaired) electrons. The van der Waals surface area contributed by atoms with Gasteiger partial charge in [-0.15, -0.1) is 0 Å². The second-order valence-electron chi connectivity index (χ2n) is 4.67. The van der Waals surface area contributed by atoms with Crippen molar-refractivity contribution in [3.8, 4) is 0 Å². The summed E-state index contributed by atoms with van der Waals surface area (Å²) in [5.74, 6) is -0.771. The fourth-order valence-corrected chi connectivity index (χ4v) is 2.26. The average Bonchev–Trinajstić information content (AvgIpc) is 2.40. The number of nitrogens with zero attached hydrogens (tertiary/aromatic N) is 1. The number of carboxylic acid groups (broad SMARTS) is 1. The number of anilines is 2. The van der Waals surface area contributed by atoms with Gasteiger partial charge in [-0.25, -0.2) is 0 Å². The summed E-state index contributed by atoms with van der Waals surface area (Å²) in [6.07, 6.45) is 4.04. The van der Waals surface area contributed by atoms with Gasteiger partial charge in [-0.2, -0.15) is 0 Å². The first-order valence-electron chi connectivity index (χ1n) is 6.56. The van der Waals surface area contributed by atoms with Gasteiger partial charge < -0.3 is 15.3 Å². The van der Waals surface area contributed by atoms with E-state index in [2.05, 4.69) is 22.3 Å². The minimum atomic E-state index is -0.771. The highest BCUT2D eigenvalue weighted by Crippen LogP contribution is 2.21. The number of hydrogen-bond acceptors (Lipinski definition) is 3. The van der Waals surface area contributed by atoms with Crippen LogP contribution in [0, 0.1) is 0 Å². The van der Waals surface area contributed by atoms with Crippen molar-refractivity contribution >= 4 is 17.3 Å². The number of aliphatic carboxylic acids is 1. The predicted molar refractivity (Wildman–Crippen MR) is 73.2 cm³/mol. The Morgan fingerprint density at radius 2 is 1.83 bits per heavy atom. The van der Waals surface area contributed by atoms with Gasteiger partial charge in [-0.1, -0.05) is 0 Å². The van der Waals surface area contributed by atoms with Crippen LogP contribution < -0.4 is 10.2 Å². The molecular formula is C14H20N2O2. The highest BCUT2D eigenvalue weighted by Gasteiger charge is 2.10. The minimum absolute atomic E-state index is 0.147. The van der Waals surface area contributed by atoms with Crippen LogP contribution >= 0.6 is 0 Å². The number of piperidine rings is 1. The summed E-state index contributed by atoms with van der Waals surface area (Å²) in [5.41, 5.74) is 2.25. The molecular weight excluding hydrogens is 228 g/mol. The molecule has 0 aliphatic carbocycles.